The van der Waals surface area contributed by atoms with E-state index in [4.69, 9.17) is 0 Å². The molecule has 3 rings (SSSR count). The Hall–Kier alpha value is -1.90. The van der Waals surface area contributed by atoms with E-state index in [1.54, 1.807) is 12.1 Å². The van der Waals surface area contributed by atoms with E-state index in [0.29, 0.717) is 5.92 Å². The van der Waals surface area contributed by atoms with Gasteiger partial charge in [0.15, 0.2) is 0 Å². The average Bonchev–Trinajstić information content (AvgIpc) is 3.12. The summed E-state index contributed by atoms with van der Waals surface area (Å²) in [6.45, 7) is 1.99. The van der Waals surface area contributed by atoms with Gasteiger partial charge in [0.05, 0.1) is 0 Å². The Bertz CT molecular complexity index is 562. The number of phenols is 1. The van der Waals surface area contributed by atoms with Gasteiger partial charge in [0, 0.05) is 23.4 Å². The lowest BCUT2D eigenvalue weighted by atomic mass is 10.1. The molecule has 1 aliphatic rings. The van der Waals surface area contributed by atoms with Gasteiger partial charge in [0.1, 0.15) is 11.6 Å². The van der Waals surface area contributed by atoms with Crippen LogP contribution in [0.2, 0.25) is 0 Å². The number of phenolic OH excluding ortho intramolecular Hbond substituents is 1. The fraction of sp³-hybridized carbons (Fsp3) is 0.286. The van der Waals surface area contributed by atoms with Crippen molar-refractivity contribution in [3.63, 3.8) is 0 Å². The lowest BCUT2D eigenvalue weighted by Crippen LogP contribution is -1.96. The molecule has 1 fully saturated rings. The van der Waals surface area contributed by atoms with Crippen LogP contribution in [0.4, 0.5) is 0 Å². The Labute approximate surface area is 100 Å². The van der Waals surface area contributed by atoms with Gasteiger partial charge in [-0.05, 0) is 37.5 Å². The second-order valence-electron chi connectivity index (χ2n) is 4.55. The SMILES string of the molecule is Cc1nc(C2CC2)ncc1-c1cccc(O)c1. The van der Waals surface area contributed by atoms with Gasteiger partial charge in [-0.2, -0.15) is 0 Å². The van der Waals surface area contributed by atoms with Gasteiger partial charge < -0.3 is 5.11 Å². The predicted octanol–water partition coefficient (Wildman–Crippen LogP) is 3.04. The molecule has 1 aliphatic carbocycles. The van der Waals surface area contributed by atoms with Crippen molar-refractivity contribution in [2.24, 2.45) is 0 Å². The molecule has 1 aromatic heterocycles. The number of hydrogen-bond donors (Lipinski definition) is 1. The van der Waals surface area contributed by atoms with E-state index in [1.165, 1.54) is 12.8 Å². The minimum absolute atomic E-state index is 0.271. The molecule has 3 heteroatoms. The Morgan fingerprint density at radius 2 is 2.12 bits per heavy atom. The highest BCUT2D eigenvalue weighted by Crippen LogP contribution is 2.38. The molecule has 0 amide bonds. The minimum atomic E-state index is 0.271. The van der Waals surface area contributed by atoms with E-state index in [1.807, 2.05) is 25.3 Å². The molecule has 17 heavy (non-hydrogen) atoms. The first-order chi connectivity index (χ1) is 8.24. The molecule has 1 heterocycles. The minimum Gasteiger partial charge on any atom is -0.508 e. The zero-order valence-corrected chi connectivity index (χ0v) is 9.72. The van der Waals surface area contributed by atoms with Crippen LogP contribution in [0.1, 0.15) is 30.3 Å². The average molecular weight is 226 g/mol. The lowest BCUT2D eigenvalue weighted by Gasteiger charge is -2.07. The molecule has 1 saturated carbocycles. The van der Waals surface area contributed by atoms with Crippen molar-refractivity contribution in [2.75, 3.05) is 0 Å². The zero-order chi connectivity index (χ0) is 11.8. The quantitative estimate of drug-likeness (QED) is 0.856. The molecular weight excluding hydrogens is 212 g/mol. The van der Waals surface area contributed by atoms with E-state index >= 15 is 0 Å². The summed E-state index contributed by atoms with van der Waals surface area (Å²) in [6, 6.07) is 7.20. The summed E-state index contributed by atoms with van der Waals surface area (Å²) in [7, 11) is 0. The molecule has 0 atom stereocenters. The molecule has 0 radical (unpaired) electrons. The summed E-state index contributed by atoms with van der Waals surface area (Å²) in [6.07, 6.45) is 4.29. The molecule has 0 spiro atoms. The van der Waals surface area contributed by atoms with Crippen molar-refractivity contribution in [3.05, 3.63) is 42.0 Å². The molecule has 0 aliphatic heterocycles. The monoisotopic (exact) mass is 226 g/mol. The Kier molecular flexibility index (Phi) is 2.32. The van der Waals surface area contributed by atoms with Gasteiger partial charge in [-0.3, -0.25) is 0 Å². The number of benzene rings is 1. The number of rotatable bonds is 2. The number of aromatic hydroxyl groups is 1. The molecule has 1 N–H and O–H groups in total. The summed E-state index contributed by atoms with van der Waals surface area (Å²) in [4.78, 5) is 8.96. The second-order valence-corrected chi connectivity index (χ2v) is 4.55. The number of hydrogen-bond acceptors (Lipinski definition) is 3. The van der Waals surface area contributed by atoms with Crippen LogP contribution in [0, 0.1) is 6.92 Å². The summed E-state index contributed by atoms with van der Waals surface area (Å²) in [5, 5.41) is 9.48. The maximum absolute atomic E-state index is 9.48. The fourth-order valence-corrected chi connectivity index (χ4v) is 1.98. The first-order valence-electron chi connectivity index (χ1n) is 5.87. The Morgan fingerprint density at radius 1 is 1.29 bits per heavy atom. The van der Waals surface area contributed by atoms with Gasteiger partial charge in [-0.15, -0.1) is 0 Å². The molecule has 86 valence electrons. The Balaban J connectivity index is 2.02. The topological polar surface area (TPSA) is 46.0 Å². The second kappa shape index (κ2) is 3.84. The van der Waals surface area contributed by atoms with Crippen LogP contribution in [0.5, 0.6) is 5.75 Å². The van der Waals surface area contributed by atoms with Crippen molar-refractivity contribution >= 4 is 0 Å². The van der Waals surface area contributed by atoms with Gasteiger partial charge in [0.25, 0.3) is 0 Å². The van der Waals surface area contributed by atoms with E-state index in [0.717, 1.165) is 22.6 Å². The maximum Gasteiger partial charge on any atom is 0.131 e. The number of aryl methyl sites for hydroxylation is 1. The van der Waals surface area contributed by atoms with E-state index in [9.17, 15) is 5.11 Å². The van der Waals surface area contributed by atoms with Gasteiger partial charge in [-0.1, -0.05) is 12.1 Å². The van der Waals surface area contributed by atoms with Crippen molar-refractivity contribution in [3.8, 4) is 16.9 Å². The van der Waals surface area contributed by atoms with Crippen molar-refractivity contribution in [2.45, 2.75) is 25.7 Å². The standard InChI is InChI=1S/C14H14N2O/c1-9-13(11-3-2-4-12(17)7-11)8-15-14(16-9)10-5-6-10/h2-4,7-8,10,17H,5-6H2,1H3. The molecule has 2 aromatic rings. The van der Waals surface area contributed by atoms with E-state index in [2.05, 4.69) is 9.97 Å². The smallest absolute Gasteiger partial charge is 0.131 e. The summed E-state index contributed by atoms with van der Waals surface area (Å²) < 4.78 is 0. The molecule has 3 nitrogen and oxygen atoms in total. The van der Waals surface area contributed by atoms with Crippen molar-refractivity contribution in [1.82, 2.24) is 9.97 Å². The van der Waals surface area contributed by atoms with Crippen molar-refractivity contribution < 1.29 is 5.11 Å². The molecule has 0 unspecified atom stereocenters. The maximum atomic E-state index is 9.48. The van der Waals surface area contributed by atoms with Crippen LogP contribution in [-0.4, -0.2) is 15.1 Å². The predicted molar refractivity (Wildman–Crippen MR) is 65.8 cm³/mol. The first-order valence-corrected chi connectivity index (χ1v) is 5.87. The molecule has 0 bridgehead atoms. The van der Waals surface area contributed by atoms with Crippen LogP contribution in [0.3, 0.4) is 0 Å². The molecular formula is C14H14N2O. The highest BCUT2D eigenvalue weighted by molar-refractivity contribution is 5.66. The van der Waals surface area contributed by atoms with Crippen LogP contribution in [0.15, 0.2) is 30.5 Å². The molecule has 0 saturated heterocycles. The summed E-state index contributed by atoms with van der Waals surface area (Å²) in [5.74, 6) is 1.81. The van der Waals surface area contributed by atoms with Crippen LogP contribution in [0.25, 0.3) is 11.1 Å². The largest absolute Gasteiger partial charge is 0.508 e. The number of aromatic nitrogens is 2. The normalized spacial score (nSPS) is 14.9. The van der Waals surface area contributed by atoms with E-state index < -0.39 is 0 Å². The van der Waals surface area contributed by atoms with Crippen LogP contribution in [-0.2, 0) is 0 Å². The van der Waals surface area contributed by atoms with E-state index in [-0.39, 0.29) is 5.75 Å². The number of nitrogens with zero attached hydrogens (tertiary/aromatic N) is 2. The fourth-order valence-electron chi connectivity index (χ4n) is 1.98. The van der Waals surface area contributed by atoms with Gasteiger partial charge >= 0.3 is 0 Å². The third kappa shape index (κ3) is 2.00. The van der Waals surface area contributed by atoms with Crippen molar-refractivity contribution in [1.29, 1.82) is 0 Å². The van der Waals surface area contributed by atoms with Gasteiger partial charge in [-0.25, -0.2) is 9.97 Å². The molecule has 1 aromatic carbocycles. The van der Waals surface area contributed by atoms with Crippen LogP contribution >= 0.6 is 0 Å². The van der Waals surface area contributed by atoms with Crippen LogP contribution < -0.4 is 0 Å². The third-order valence-corrected chi connectivity index (χ3v) is 3.10. The zero-order valence-electron chi connectivity index (χ0n) is 9.72. The highest BCUT2D eigenvalue weighted by atomic mass is 16.3. The first kappa shape index (κ1) is 10.3. The summed E-state index contributed by atoms with van der Waals surface area (Å²) >= 11 is 0. The summed E-state index contributed by atoms with van der Waals surface area (Å²) in [5.41, 5.74) is 2.93. The lowest BCUT2D eigenvalue weighted by molar-refractivity contribution is 0.475. The highest BCUT2D eigenvalue weighted by Gasteiger charge is 2.26. The van der Waals surface area contributed by atoms with Gasteiger partial charge in [0.2, 0.25) is 0 Å². The Morgan fingerprint density at radius 3 is 2.76 bits per heavy atom. The third-order valence-electron chi connectivity index (χ3n) is 3.10.